The van der Waals surface area contributed by atoms with Gasteiger partial charge >= 0.3 is 0 Å². The highest BCUT2D eigenvalue weighted by Crippen LogP contribution is 2.17. The van der Waals surface area contributed by atoms with E-state index < -0.39 is 0 Å². The molecule has 24 heavy (non-hydrogen) atoms. The van der Waals surface area contributed by atoms with Crippen LogP contribution >= 0.6 is 0 Å². The van der Waals surface area contributed by atoms with E-state index in [1.54, 1.807) is 12.1 Å². The van der Waals surface area contributed by atoms with Crippen LogP contribution in [0.3, 0.4) is 0 Å². The minimum absolute atomic E-state index is 0.0249. The average Bonchev–Trinajstić information content (AvgIpc) is 2.59. The number of likely N-dealkylation sites (tertiary alicyclic amines) is 1. The quantitative estimate of drug-likeness (QED) is 0.587. The van der Waals surface area contributed by atoms with Gasteiger partial charge in [0.15, 0.2) is 5.78 Å². The fourth-order valence-electron chi connectivity index (χ4n) is 3.12. The number of amides is 1. The Balaban J connectivity index is 1.71. The number of nitrogens with one attached hydrogen (secondary N) is 1. The molecule has 1 unspecified atom stereocenters. The van der Waals surface area contributed by atoms with Crippen molar-refractivity contribution in [3.8, 4) is 5.75 Å². The summed E-state index contributed by atoms with van der Waals surface area (Å²) >= 11 is 0. The van der Waals surface area contributed by atoms with E-state index in [0.717, 1.165) is 26.1 Å². The highest BCUT2D eigenvalue weighted by atomic mass is 16.5. The lowest BCUT2D eigenvalue weighted by atomic mass is 9.97. The molecule has 0 aromatic heterocycles. The highest BCUT2D eigenvalue weighted by molar-refractivity contribution is 5.94. The van der Waals surface area contributed by atoms with Crippen LogP contribution < -0.4 is 10.1 Å². The second-order valence-corrected chi connectivity index (χ2v) is 6.44. The minimum Gasteiger partial charge on any atom is -0.494 e. The molecular weight excluding hydrogens is 304 g/mol. The number of ketones is 1. The van der Waals surface area contributed by atoms with Crippen LogP contribution in [0.4, 0.5) is 0 Å². The van der Waals surface area contributed by atoms with Crippen LogP contribution in [0.1, 0.15) is 43.0 Å². The predicted octanol–water partition coefficient (Wildman–Crippen LogP) is 2.51. The lowest BCUT2D eigenvalue weighted by Crippen LogP contribution is -2.42. The normalized spacial score (nSPS) is 17.6. The molecule has 1 aromatic rings. The molecule has 0 bridgehead atoms. The van der Waals surface area contributed by atoms with Crippen molar-refractivity contribution in [2.24, 2.45) is 5.92 Å². The lowest BCUT2D eigenvalue weighted by Gasteiger charge is -2.32. The number of carbonyl (C=O) groups is 2. The summed E-state index contributed by atoms with van der Waals surface area (Å²) < 4.78 is 5.66. The van der Waals surface area contributed by atoms with Crippen molar-refractivity contribution >= 4 is 11.7 Å². The molecule has 1 aromatic carbocycles. The Morgan fingerprint density at radius 3 is 2.96 bits per heavy atom. The second-order valence-electron chi connectivity index (χ2n) is 6.44. The van der Waals surface area contributed by atoms with Gasteiger partial charge in [-0.25, -0.2) is 0 Å². The number of hydrogen-bond donors (Lipinski definition) is 1. The maximum absolute atomic E-state index is 12.3. The number of benzene rings is 1. The molecule has 1 amide bonds. The Kier molecular flexibility index (Phi) is 7.25. The van der Waals surface area contributed by atoms with Crippen LogP contribution in [0.15, 0.2) is 24.3 Å². The van der Waals surface area contributed by atoms with Gasteiger partial charge in [0, 0.05) is 25.1 Å². The maximum Gasteiger partial charge on any atom is 0.222 e. The molecule has 1 aliphatic heterocycles. The van der Waals surface area contributed by atoms with E-state index in [1.165, 1.54) is 13.3 Å². The lowest BCUT2D eigenvalue weighted by molar-refractivity contribution is -0.133. The van der Waals surface area contributed by atoms with E-state index in [2.05, 4.69) is 5.32 Å². The summed E-state index contributed by atoms with van der Waals surface area (Å²) in [6.45, 7) is 4.74. The van der Waals surface area contributed by atoms with Crippen LogP contribution in [0.2, 0.25) is 0 Å². The summed E-state index contributed by atoms with van der Waals surface area (Å²) in [5, 5.41) is 3.20. The molecule has 5 heteroatoms. The molecule has 0 spiro atoms. The molecule has 1 saturated heterocycles. The predicted molar refractivity (Wildman–Crippen MR) is 94.4 cm³/mol. The number of carbonyl (C=O) groups excluding carboxylic acids is 2. The van der Waals surface area contributed by atoms with Crippen LogP contribution in [-0.2, 0) is 4.79 Å². The van der Waals surface area contributed by atoms with Gasteiger partial charge in [0.2, 0.25) is 5.91 Å². The molecule has 1 atom stereocenters. The smallest absolute Gasteiger partial charge is 0.222 e. The Labute approximate surface area is 144 Å². The Morgan fingerprint density at radius 2 is 2.21 bits per heavy atom. The summed E-state index contributed by atoms with van der Waals surface area (Å²) in [6, 6.07) is 7.17. The van der Waals surface area contributed by atoms with E-state index >= 15 is 0 Å². The fraction of sp³-hybridized carbons (Fsp3) is 0.579. The first-order valence-corrected chi connectivity index (χ1v) is 8.76. The van der Waals surface area contributed by atoms with Gasteiger partial charge in [-0.05, 0) is 57.8 Å². The zero-order valence-electron chi connectivity index (χ0n) is 14.7. The number of rotatable bonds is 8. The van der Waals surface area contributed by atoms with Gasteiger partial charge in [0.05, 0.1) is 6.61 Å². The third-order valence-electron chi connectivity index (χ3n) is 4.41. The van der Waals surface area contributed by atoms with E-state index in [0.29, 0.717) is 36.7 Å². The topological polar surface area (TPSA) is 58.6 Å². The number of nitrogens with zero attached hydrogens (tertiary/aromatic N) is 1. The molecule has 1 fully saturated rings. The molecular formula is C19H28N2O3. The minimum atomic E-state index is 0.0249. The van der Waals surface area contributed by atoms with E-state index in [-0.39, 0.29) is 11.7 Å². The van der Waals surface area contributed by atoms with Crippen molar-refractivity contribution in [3.63, 3.8) is 0 Å². The van der Waals surface area contributed by atoms with Crippen molar-refractivity contribution in [3.05, 3.63) is 29.8 Å². The van der Waals surface area contributed by atoms with Gasteiger partial charge in [-0.2, -0.15) is 0 Å². The van der Waals surface area contributed by atoms with Gasteiger partial charge in [-0.3, -0.25) is 9.59 Å². The van der Waals surface area contributed by atoms with E-state index in [4.69, 9.17) is 4.74 Å². The summed E-state index contributed by atoms with van der Waals surface area (Å²) in [4.78, 5) is 25.7. The molecule has 1 aliphatic rings. The van der Waals surface area contributed by atoms with Crippen LogP contribution in [0.5, 0.6) is 5.75 Å². The van der Waals surface area contributed by atoms with Gasteiger partial charge in [0.25, 0.3) is 0 Å². The first-order valence-electron chi connectivity index (χ1n) is 8.76. The van der Waals surface area contributed by atoms with Gasteiger partial charge in [-0.1, -0.05) is 12.1 Å². The largest absolute Gasteiger partial charge is 0.494 e. The zero-order chi connectivity index (χ0) is 17.4. The van der Waals surface area contributed by atoms with Crippen molar-refractivity contribution < 1.29 is 14.3 Å². The second kappa shape index (κ2) is 9.42. The third kappa shape index (κ3) is 5.64. The van der Waals surface area contributed by atoms with Crippen molar-refractivity contribution in [1.29, 1.82) is 0 Å². The van der Waals surface area contributed by atoms with Crippen LogP contribution in [0, 0.1) is 5.92 Å². The van der Waals surface area contributed by atoms with Crippen molar-refractivity contribution in [2.45, 2.75) is 32.6 Å². The van der Waals surface area contributed by atoms with Gasteiger partial charge < -0.3 is 15.0 Å². The summed E-state index contributed by atoms with van der Waals surface area (Å²) in [5.74, 6) is 1.49. The summed E-state index contributed by atoms with van der Waals surface area (Å²) in [5.41, 5.74) is 0.646. The number of piperidine rings is 1. The first kappa shape index (κ1) is 18.5. The molecule has 0 saturated carbocycles. The maximum atomic E-state index is 12.3. The number of Topliss-reactive ketones (excluding diaryl/α,β-unsaturated/α-hetero) is 1. The number of hydrogen-bond acceptors (Lipinski definition) is 4. The standard InChI is InChI=1S/C19H28N2O3/c1-15(22)17-7-3-8-18(12-17)24-11-5-9-19(23)21-10-4-6-16(14-21)13-20-2/h3,7-8,12,16,20H,4-6,9-11,13-14H2,1-2H3. The molecule has 2 rings (SSSR count). The van der Waals surface area contributed by atoms with Crippen LogP contribution in [0.25, 0.3) is 0 Å². The van der Waals surface area contributed by atoms with Crippen molar-refractivity contribution in [2.75, 3.05) is 33.3 Å². The average molecular weight is 332 g/mol. The Hall–Kier alpha value is -1.88. The van der Waals surface area contributed by atoms with E-state index in [1.807, 2.05) is 24.1 Å². The molecule has 5 nitrogen and oxygen atoms in total. The van der Waals surface area contributed by atoms with Gasteiger partial charge in [0.1, 0.15) is 5.75 Å². The highest BCUT2D eigenvalue weighted by Gasteiger charge is 2.22. The van der Waals surface area contributed by atoms with Crippen LogP contribution in [-0.4, -0.2) is 49.9 Å². The summed E-state index contributed by atoms with van der Waals surface area (Å²) in [6.07, 6.45) is 3.49. The Bertz CT molecular complexity index is 557. The summed E-state index contributed by atoms with van der Waals surface area (Å²) in [7, 11) is 1.96. The monoisotopic (exact) mass is 332 g/mol. The SMILES string of the molecule is CNCC1CCCN(C(=O)CCCOc2cccc(C(C)=O)c2)C1. The molecule has 0 aliphatic carbocycles. The van der Waals surface area contributed by atoms with Crippen molar-refractivity contribution in [1.82, 2.24) is 10.2 Å². The molecule has 1 N–H and O–H groups in total. The number of ether oxygens (including phenoxy) is 1. The Morgan fingerprint density at radius 1 is 1.38 bits per heavy atom. The molecule has 132 valence electrons. The molecule has 1 heterocycles. The van der Waals surface area contributed by atoms with E-state index in [9.17, 15) is 9.59 Å². The zero-order valence-corrected chi connectivity index (χ0v) is 14.7. The van der Waals surface area contributed by atoms with Gasteiger partial charge in [-0.15, -0.1) is 0 Å². The molecule has 0 radical (unpaired) electrons. The fourth-order valence-corrected chi connectivity index (χ4v) is 3.12. The third-order valence-corrected chi connectivity index (χ3v) is 4.41. The first-order chi connectivity index (χ1) is 11.6.